The van der Waals surface area contributed by atoms with Gasteiger partial charge in [-0.3, -0.25) is 4.79 Å². The van der Waals surface area contributed by atoms with E-state index in [2.05, 4.69) is 12.1 Å². The van der Waals surface area contributed by atoms with Crippen molar-refractivity contribution in [3.8, 4) is 0 Å². The maximum absolute atomic E-state index is 11.3. The molecule has 0 radical (unpaired) electrons. The van der Waals surface area contributed by atoms with Gasteiger partial charge in [-0.1, -0.05) is 44.2 Å². The highest BCUT2D eigenvalue weighted by atomic mass is 16.1. The third kappa shape index (κ3) is 3.73. The molecule has 0 aromatic heterocycles. The van der Waals surface area contributed by atoms with Crippen molar-refractivity contribution in [2.24, 2.45) is 5.92 Å². The van der Waals surface area contributed by atoms with Crippen molar-refractivity contribution in [3.63, 3.8) is 0 Å². The zero-order valence-corrected chi connectivity index (χ0v) is 8.99. The van der Waals surface area contributed by atoms with E-state index in [1.807, 2.05) is 32.0 Å². The Morgan fingerprint density at radius 3 is 2.43 bits per heavy atom. The Bertz CT molecular complexity index is 275. The van der Waals surface area contributed by atoms with Crippen molar-refractivity contribution in [1.29, 1.82) is 0 Å². The van der Waals surface area contributed by atoms with Crippen LogP contribution in [0.2, 0.25) is 0 Å². The summed E-state index contributed by atoms with van der Waals surface area (Å²) in [7, 11) is 0. The van der Waals surface area contributed by atoms with Gasteiger partial charge in [-0.2, -0.15) is 0 Å². The Labute approximate surface area is 86.1 Å². The molecule has 0 aliphatic rings. The SMILES string of the molecule is CC(C)C(=O)CCCc1ccccc1. The first-order chi connectivity index (χ1) is 6.70. The van der Waals surface area contributed by atoms with Crippen LogP contribution in [0, 0.1) is 5.92 Å². The largest absolute Gasteiger partial charge is 0.299 e. The predicted molar refractivity (Wildman–Crippen MR) is 59.2 cm³/mol. The van der Waals surface area contributed by atoms with Gasteiger partial charge in [0.2, 0.25) is 0 Å². The van der Waals surface area contributed by atoms with Crippen LogP contribution in [0.25, 0.3) is 0 Å². The van der Waals surface area contributed by atoms with Gasteiger partial charge in [0.1, 0.15) is 5.78 Å². The molecule has 0 unspecified atom stereocenters. The van der Waals surface area contributed by atoms with Crippen LogP contribution in [0.5, 0.6) is 0 Å². The maximum atomic E-state index is 11.3. The van der Waals surface area contributed by atoms with Crippen LogP contribution in [-0.4, -0.2) is 5.78 Å². The van der Waals surface area contributed by atoms with E-state index < -0.39 is 0 Å². The fraction of sp³-hybridized carbons (Fsp3) is 0.462. The van der Waals surface area contributed by atoms with Crippen LogP contribution in [0.15, 0.2) is 30.3 Å². The number of carbonyl (C=O) groups excluding carboxylic acids is 1. The summed E-state index contributed by atoms with van der Waals surface area (Å²) in [5, 5.41) is 0. The molecule has 0 spiro atoms. The molecule has 0 saturated heterocycles. The van der Waals surface area contributed by atoms with Gasteiger partial charge in [0.25, 0.3) is 0 Å². The first-order valence-electron chi connectivity index (χ1n) is 5.27. The summed E-state index contributed by atoms with van der Waals surface area (Å²) in [6.07, 6.45) is 2.70. The van der Waals surface area contributed by atoms with Crippen LogP contribution in [-0.2, 0) is 11.2 Å². The average molecular weight is 190 g/mol. The maximum Gasteiger partial charge on any atom is 0.135 e. The summed E-state index contributed by atoms with van der Waals surface area (Å²) >= 11 is 0. The lowest BCUT2D eigenvalue weighted by Gasteiger charge is -2.03. The summed E-state index contributed by atoms with van der Waals surface area (Å²) in [6.45, 7) is 3.93. The second kappa shape index (κ2) is 5.58. The van der Waals surface area contributed by atoms with Crippen molar-refractivity contribution in [1.82, 2.24) is 0 Å². The molecule has 1 rings (SSSR count). The van der Waals surface area contributed by atoms with Gasteiger partial charge in [0.15, 0.2) is 0 Å². The second-order valence-corrected chi connectivity index (χ2v) is 3.96. The van der Waals surface area contributed by atoms with E-state index in [9.17, 15) is 4.79 Å². The summed E-state index contributed by atoms with van der Waals surface area (Å²) in [5.74, 6) is 0.562. The highest BCUT2D eigenvalue weighted by Gasteiger charge is 2.05. The number of ketones is 1. The number of hydrogen-bond donors (Lipinski definition) is 0. The molecule has 1 nitrogen and oxygen atoms in total. The molecule has 1 aromatic rings. The zero-order chi connectivity index (χ0) is 10.4. The second-order valence-electron chi connectivity index (χ2n) is 3.96. The smallest absolute Gasteiger partial charge is 0.135 e. The molecule has 14 heavy (non-hydrogen) atoms. The number of carbonyl (C=O) groups is 1. The van der Waals surface area contributed by atoms with E-state index >= 15 is 0 Å². The first-order valence-corrected chi connectivity index (χ1v) is 5.27. The Morgan fingerprint density at radius 1 is 1.21 bits per heavy atom. The molecule has 0 aliphatic heterocycles. The number of hydrogen-bond acceptors (Lipinski definition) is 1. The standard InChI is InChI=1S/C13H18O/c1-11(2)13(14)10-6-9-12-7-4-3-5-8-12/h3-5,7-8,11H,6,9-10H2,1-2H3. The quantitative estimate of drug-likeness (QED) is 0.696. The van der Waals surface area contributed by atoms with Crippen LogP contribution < -0.4 is 0 Å². The van der Waals surface area contributed by atoms with Crippen LogP contribution >= 0.6 is 0 Å². The topological polar surface area (TPSA) is 17.1 Å². The van der Waals surface area contributed by atoms with Crippen molar-refractivity contribution in [3.05, 3.63) is 35.9 Å². The van der Waals surface area contributed by atoms with Gasteiger partial charge in [-0.05, 0) is 18.4 Å². The zero-order valence-electron chi connectivity index (χ0n) is 8.99. The highest BCUT2D eigenvalue weighted by Crippen LogP contribution is 2.07. The fourth-order valence-electron chi connectivity index (χ4n) is 1.40. The van der Waals surface area contributed by atoms with Crippen molar-refractivity contribution in [2.75, 3.05) is 0 Å². The van der Waals surface area contributed by atoms with Crippen molar-refractivity contribution < 1.29 is 4.79 Å². The van der Waals surface area contributed by atoms with Gasteiger partial charge in [0, 0.05) is 12.3 Å². The number of rotatable bonds is 5. The third-order valence-corrected chi connectivity index (χ3v) is 2.38. The van der Waals surface area contributed by atoms with Crippen molar-refractivity contribution in [2.45, 2.75) is 33.1 Å². The van der Waals surface area contributed by atoms with Crippen molar-refractivity contribution >= 4 is 5.78 Å². The molecular formula is C13H18O. The lowest BCUT2D eigenvalue weighted by atomic mass is 10.0. The first kappa shape index (κ1) is 11.0. The fourth-order valence-corrected chi connectivity index (χ4v) is 1.40. The number of aryl methyl sites for hydroxylation is 1. The Balaban J connectivity index is 2.26. The van der Waals surface area contributed by atoms with Crippen LogP contribution in [0.3, 0.4) is 0 Å². The average Bonchev–Trinajstić information content (AvgIpc) is 2.19. The lowest BCUT2D eigenvalue weighted by molar-refractivity contribution is -0.121. The minimum atomic E-state index is 0.186. The Kier molecular flexibility index (Phi) is 4.37. The molecule has 1 heteroatoms. The highest BCUT2D eigenvalue weighted by molar-refractivity contribution is 5.80. The molecule has 0 bridgehead atoms. The molecule has 0 fully saturated rings. The molecule has 76 valence electrons. The summed E-state index contributed by atoms with van der Waals surface area (Å²) < 4.78 is 0. The summed E-state index contributed by atoms with van der Waals surface area (Å²) in [6, 6.07) is 10.3. The van der Waals surface area contributed by atoms with Crippen LogP contribution in [0.4, 0.5) is 0 Å². The van der Waals surface area contributed by atoms with Gasteiger partial charge in [-0.25, -0.2) is 0 Å². The minimum Gasteiger partial charge on any atom is -0.299 e. The normalized spacial score (nSPS) is 10.5. The lowest BCUT2D eigenvalue weighted by Crippen LogP contribution is -2.06. The van der Waals surface area contributed by atoms with Gasteiger partial charge >= 0.3 is 0 Å². The molecule has 0 heterocycles. The predicted octanol–water partition coefficient (Wildman–Crippen LogP) is 3.23. The Hall–Kier alpha value is -1.11. The molecule has 0 amide bonds. The van der Waals surface area contributed by atoms with Crippen LogP contribution in [0.1, 0.15) is 32.3 Å². The summed E-state index contributed by atoms with van der Waals surface area (Å²) in [4.78, 5) is 11.3. The van der Waals surface area contributed by atoms with Gasteiger partial charge in [0.05, 0.1) is 0 Å². The number of benzene rings is 1. The van der Waals surface area contributed by atoms with E-state index in [1.54, 1.807) is 0 Å². The molecule has 0 atom stereocenters. The summed E-state index contributed by atoms with van der Waals surface area (Å²) in [5.41, 5.74) is 1.32. The number of Topliss-reactive ketones (excluding diaryl/α,β-unsaturated/α-hetero) is 1. The van der Waals surface area contributed by atoms with E-state index in [0.717, 1.165) is 12.8 Å². The molecule has 0 N–H and O–H groups in total. The Morgan fingerprint density at radius 2 is 1.86 bits per heavy atom. The van der Waals surface area contributed by atoms with E-state index in [0.29, 0.717) is 12.2 Å². The minimum absolute atomic E-state index is 0.186. The van der Waals surface area contributed by atoms with E-state index in [-0.39, 0.29) is 5.92 Å². The third-order valence-electron chi connectivity index (χ3n) is 2.38. The molecule has 0 aliphatic carbocycles. The van der Waals surface area contributed by atoms with Gasteiger partial charge in [-0.15, -0.1) is 0 Å². The van der Waals surface area contributed by atoms with E-state index in [4.69, 9.17) is 0 Å². The van der Waals surface area contributed by atoms with Gasteiger partial charge < -0.3 is 0 Å². The van der Waals surface area contributed by atoms with E-state index in [1.165, 1.54) is 5.56 Å². The molecule has 1 aromatic carbocycles. The molecule has 0 saturated carbocycles. The monoisotopic (exact) mass is 190 g/mol. The molecular weight excluding hydrogens is 172 g/mol.